The number of rotatable bonds is 2. The van der Waals surface area contributed by atoms with Crippen molar-refractivity contribution in [3.63, 3.8) is 0 Å². The summed E-state index contributed by atoms with van der Waals surface area (Å²) in [5, 5.41) is 11.8. The highest BCUT2D eigenvalue weighted by Gasteiger charge is 2.12. The van der Waals surface area contributed by atoms with Crippen molar-refractivity contribution in [1.82, 2.24) is 0 Å². The van der Waals surface area contributed by atoms with E-state index in [0.29, 0.717) is 6.42 Å². The highest BCUT2D eigenvalue weighted by atomic mass is 14.9. The van der Waals surface area contributed by atoms with E-state index in [9.17, 15) is 0 Å². The van der Waals surface area contributed by atoms with Crippen LogP contribution in [-0.4, -0.2) is 6.54 Å². The molecule has 0 saturated carbocycles. The zero-order valence-electron chi connectivity index (χ0n) is 7.96. The molecule has 0 radical (unpaired) electrons. The first kappa shape index (κ1) is 9.04. The molecule has 0 spiro atoms. The summed E-state index contributed by atoms with van der Waals surface area (Å²) in [5.41, 5.74) is 9.44. The summed E-state index contributed by atoms with van der Waals surface area (Å²) in [6.07, 6.45) is 1.44. The van der Waals surface area contributed by atoms with Crippen molar-refractivity contribution in [2.75, 3.05) is 11.9 Å². The van der Waals surface area contributed by atoms with Gasteiger partial charge in [-0.15, -0.1) is 0 Å². The molecule has 0 aromatic heterocycles. The number of fused-ring (bicyclic) bond motifs is 1. The maximum atomic E-state index is 8.55. The lowest BCUT2D eigenvalue weighted by Gasteiger charge is -2.09. The predicted octanol–water partition coefficient (Wildman–Crippen LogP) is 1.57. The molecule has 1 aromatic carbocycles. The van der Waals surface area contributed by atoms with E-state index in [4.69, 9.17) is 11.0 Å². The SMILES string of the molecule is N#CCC(N)c1ccc2c(c1)CCN2. The Balaban J connectivity index is 2.25. The molecule has 72 valence electrons. The molecule has 1 aromatic rings. The second kappa shape index (κ2) is 3.69. The van der Waals surface area contributed by atoms with E-state index >= 15 is 0 Å². The standard InChI is InChI=1S/C11H13N3/c12-5-3-10(13)8-1-2-11-9(7-8)4-6-14-11/h1-2,7,10,14H,3-4,6,13H2. The van der Waals surface area contributed by atoms with Crippen molar-refractivity contribution in [2.24, 2.45) is 5.73 Å². The van der Waals surface area contributed by atoms with E-state index < -0.39 is 0 Å². The number of nitrogens with zero attached hydrogens (tertiary/aromatic N) is 1. The Kier molecular flexibility index (Phi) is 2.38. The molecule has 3 N–H and O–H groups in total. The van der Waals surface area contributed by atoms with Gasteiger partial charge in [0.15, 0.2) is 0 Å². The lowest BCUT2D eigenvalue weighted by molar-refractivity contribution is 0.747. The fourth-order valence-corrected chi connectivity index (χ4v) is 1.77. The molecule has 0 aliphatic carbocycles. The normalized spacial score (nSPS) is 15.4. The number of nitrogens with one attached hydrogen (secondary N) is 1. The molecular weight excluding hydrogens is 174 g/mol. The molecule has 1 aliphatic heterocycles. The van der Waals surface area contributed by atoms with Gasteiger partial charge in [-0.25, -0.2) is 0 Å². The molecule has 0 saturated heterocycles. The monoisotopic (exact) mass is 187 g/mol. The Morgan fingerprint density at radius 2 is 2.43 bits per heavy atom. The van der Waals surface area contributed by atoms with Gasteiger partial charge in [0.1, 0.15) is 0 Å². The van der Waals surface area contributed by atoms with Crippen LogP contribution in [0, 0.1) is 11.3 Å². The number of anilines is 1. The molecule has 3 heteroatoms. The maximum absolute atomic E-state index is 8.55. The zero-order valence-corrected chi connectivity index (χ0v) is 7.96. The lowest BCUT2D eigenvalue weighted by atomic mass is 10.0. The van der Waals surface area contributed by atoms with E-state index in [0.717, 1.165) is 18.5 Å². The average molecular weight is 187 g/mol. The van der Waals surface area contributed by atoms with Crippen LogP contribution >= 0.6 is 0 Å². The highest BCUT2D eigenvalue weighted by molar-refractivity contribution is 5.56. The first-order valence-electron chi connectivity index (χ1n) is 4.80. The predicted molar refractivity (Wildman–Crippen MR) is 55.8 cm³/mol. The molecule has 3 nitrogen and oxygen atoms in total. The minimum absolute atomic E-state index is 0.147. The van der Waals surface area contributed by atoms with Crippen molar-refractivity contribution in [1.29, 1.82) is 5.26 Å². The maximum Gasteiger partial charge on any atom is 0.0641 e. The Bertz CT molecular complexity index is 379. The van der Waals surface area contributed by atoms with E-state index in [1.165, 1.54) is 11.3 Å². The Labute approximate surface area is 83.5 Å². The molecule has 0 amide bonds. The summed E-state index contributed by atoms with van der Waals surface area (Å²) in [7, 11) is 0. The summed E-state index contributed by atoms with van der Waals surface area (Å²) in [4.78, 5) is 0. The average Bonchev–Trinajstić information content (AvgIpc) is 2.64. The van der Waals surface area contributed by atoms with Crippen molar-refractivity contribution in [2.45, 2.75) is 18.9 Å². The highest BCUT2D eigenvalue weighted by Crippen LogP contribution is 2.25. The third kappa shape index (κ3) is 1.57. The number of nitriles is 1. The number of hydrogen-bond donors (Lipinski definition) is 2. The molecule has 2 rings (SSSR count). The summed E-state index contributed by atoms with van der Waals surface area (Å²) in [6.45, 7) is 1.01. The van der Waals surface area contributed by atoms with Crippen molar-refractivity contribution >= 4 is 5.69 Å². The van der Waals surface area contributed by atoms with Crippen molar-refractivity contribution in [3.8, 4) is 6.07 Å². The van der Waals surface area contributed by atoms with Crippen LogP contribution in [0.4, 0.5) is 5.69 Å². The minimum atomic E-state index is -0.147. The molecule has 1 atom stereocenters. The van der Waals surface area contributed by atoms with Crippen LogP contribution in [0.15, 0.2) is 18.2 Å². The van der Waals surface area contributed by atoms with Crippen LogP contribution in [0.25, 0.3) is 0 Å². The van der Waals surface area contributed by atoms with E-state index in [2.05, 4.69) is 23.5 Å². The third-order valence-electron chi connectivity index (χ3n) is 2.58. The molecular formula is C11H13N3. The van der Waals surface area contributed by atoms with Crippen LogP contribution in [0.3, 0.4) is 0 Å². The summed E-state index contributed by atoms with van der Waals surface area (Å²) in [5.74, 6) is 0. The summed E-state index contributed by atoms with van der Waals surface area (Å²) < 4.78 is 0. The van der Waals surface area contributed by atoms with Gasteiger partial charge < -0.3 is 11.1 Å². The van der Waals surface area contributed by atoms with Crippen LogP contribution in [0.2, 0.25) is 0 Å². The molecule has 1 unspecified atom stereocenters. The van der Waals surface area contributed by atoms with Crippen LogP contribution in [-0.2, 0) is 6.42 Å². The smallest absolute Gasteiger partial charge is 0.0641 e. The van der Waals surface area contributed by atoms with Crippen LogP contribution in [0.5, 0.6) is 0 Å². The van der Waals surface area contributed by atoms with Gasteiger partial charge in [-0.3, -0.25) is 0 Å². The quantitative estimate of drug-likeness (QED) is 0.738. The molecule has 1 aliphatic rings. The number of hydrogen-bond acceptors (Lipinski definition) is 3. The molecule has 14 heavy (non-hydrogen) atoms. The van der Waals surface area contributed by atoms with Gasteiger partial charge in [0.2, 0.25) is 0 Å². The Morgan fingerprint density at radius 1 is 1.57 bits per heavy atom. The van der Waals surface area contributed by atoms with Crippen molar-refractivity contribution < 1.29 is 0 Å². The minimum Gasteiger partial charge on any atom is -0.384 e. The largest absolute Gasteiger partial charge is 0.384 e. The first-order valence-corrected chi connectivity index (χ1v) is 4.80. The third-order valence-corrected chi connectivity index (χ3v) is 2.58. The fourth-order valence-electron chi connectivity index (χ4n) is 1.77. The zero-order chi connectivity index (χ0) is 9.97. The van der Waals surface area contributed by atoms with Crippen LogP contribution in [0.1, 0.15) is 23.6 Å². The Morgan fingerprint density at radius 3 is 3.21 bits per heavy atom. The van der Waals surface area contributed by atoms with Gasteiger partial charge in [0.25, 0.3) is 0 Å². The summed E-state index contributed by atoms with van der Waals surface area (Å²) in [6, 6.07) is 8.10. The van der Waals surface area contributed by atoms with Gasteiger partial charge in [-0.05, 0) is 23.6 Å². The molecule has 1 heterocycles. The van der Waals surface area contributed by atoms with Gasteiger partial charge in [0.05, 0.1) is 12.5 Å². The van der Waals surface area contributed by atoms with Gasteiger partial charge in [-0.2, -0.15) is 5.26 Å². The lowest BCUT2D eigenvalue weighted by Crippen LogP contribution is -2.09. The molecule has 0 bridgehead atoms. The van der Waals surface area contributed by atoms with E-state index in [-0.39, 0.29) is 6.04 Å². The number of benzene rings is 1. The topological polar surface area (TPSA) is 61.8 Å². The van der Waals surface area contributed by atoms with Gasteiger partial charge >= 0.3 is 0 Å². The Hall–Kier alpha value is -1.53. The van der Waals surface area contributed by atoms with Gasteiger partial charge in [0, 0.05) is 18.3 Å². The van der Waals surface area contributed by atoms with Crippen molar-refractivity contribution in [3.05, 3.63) is 29.3 Å². The van der Waals surface area contributed by atoms with E-state index in [1.54, 1.807) is 0 Å². The molecule has 0 fully saturated rings. The second-order valence-corrected chi connectivity index (χ2v) is 3.56. The number of nitrogens with two attached hydrogens (primary N) is 1. The van der Waals surface area contributed by atoms with Gasteiger partial charge in [-0.1, -0.05) is 12.1 Å². The first-order chi connectivity index (χ1) is 6.81. The summed E-state index contributed by atoms with van der Waals surface area (Å²) >= 11 is 0. The fraction of sp³-hybridized carbons (Fsp3) is 0.364. The second-order valence-electron chi connectivity index (χ2n) is 3.56. The van der Waals surface area contributed by atoms with Crippen LogP contribution < -0.4 is 11.1 Å². The van der Waals surface area contributed by atoms with E-state index in [1.807, 2.05) is 6.07 Å².